The molecule has 0 rings (SSSR count). The lowest BCUT2D eigenvalue weighted by molar-refractivity contribution is -0.140. The average molecular weight is 329 g/mol. The van der Waals surface area contributed by atoms with E-state index in [1.54, 1.807) is 13.8 Å². The Bertz CT molecular complexity index is 318. The third-order valence-corrected chi connectivity index (χ3v) is 3.94. The SMILES string of the molecule is CCCCCCCCCCCCOC(=O)N[C@H](C(=O)O)C(C)C. The number of ether oxygens (including phenoxy) is 1. The first-order valence-electron chi connectivity index (χ1n) is 9.15. The van der Waals surface area contributed by atoms with E-state index in [1.165, 1.54) is 51.4 Å². The van der Waals surface area contributed by atoms with Gasteiger partial charge in [-0.15, -0.1) is 0 Å². The number of rotatable bonds is 14. The average Bonchev–Trinajstić information content (AvgIpc) is 2.49. The van der Waals surface area contributed by atoms with Crippen molar-refractivity contribution in [2.75, 3.05) is 6.61 Å². The van der Waals surface area contributed by atoms with Gasteiger partial charge in [0.1, 0.15) is 6.04 Å². The Morgan fingerprint density at radius 1 is 0.913 bits per heavy atom. The highest BCUT2D eigenvalue weighted by Crippen LogP contribution is 2.10. The summed E-state index contributed by atoms with van der Waals surface area (Å²) in [5.41, 5.74) is 0. The predicted octanol–water partition coefficient (Wildman–Crippen LogP) is 4.74. The van der Waals surface area contributed by atoms with Gasteiger partial charge in [0, 0.05) is 0 Å². The zero-order valence-electron chi connectivity index (χ0n) is 15.1. The molecule has 0 saturated heterocycles. The molecule has 1 amide bonds. The minimum absolute atomic E-state index is 0.169. The third kappa shape index (κ3) is 12.9. The zero-order valence-corrected chi connectivity index (χ0v) is 15.1. The molecular weight excluding hydrogens is 294 g/mol. The van der Waals surface area contributed by atoms with E-state index < -0.39 is 18.1 Å². The van der Waals surface area contributed by atoms with Gasteiger partial charge in [0.15, 0.2) is 0 Å². The van der Waals surface area contributed by atoms with Gasteiger partial charge in [-0.1, -0.05) is 78.6 Å². The zero-order chi connectivity index (χ0) is 17.5. The lowest BCUT2D eigenvalue weighted by atomic mass is 10.1. The number of carboxylic acids is 1. The molecule has 0 aromatic rings. The maximum Gasteiger partial charge on any atom is 0.407 e. The first kappa shape index (κ1) is 21.7. The first-order chi connectivity index (χ1) is 11.0. The Kier molecular flexibility index (Phi) is 13.6. The quantitative estimate of drug-likeness (QED) is 0.451. The number of amides is 1. The number of carbonyl (C=O) groups excluding carboxylic acids is 1. The van der Waals surface area contributed by atoms with E-state index in [1.807, 2.05) is 0 Å². The topological polar surface area (TPSA) is 75.6 Å². The van der Waals surface area contributed by atoms with Gasteiger partial charge in [0.05, 0.1) is 6.61 Å². The van der Waals surface area contributed by atoms with Crippen molar-refractivity contribution in [1.82, 2.24) is 5.32 Å². The molecule has 0 aliphatic heterocycles. The van der Waals surface area contributed by atoms with Gasteiger partial charge < -0.3 is 15.2 Å². The molecule has 0 aliphatic carbocycles. The Balaban J connectivity index is 3.47. The standard InChI is InChI=1S/C18H35NO4/c1-4-5-6-7-8-9-10-11-12-13-14-23-18(22)19-16(15(2)3)17(20)21/h15-16H,4-14H2,1-3H3,(H,19,22)(H,20,21)/t16-/m0/s1. The second-order valence-electron chi connectivity index (χ2n) is 6.52. The Hall–Kier alpha value is -1.26. The predicted molar refractivity (Wildman–Crippen MR) is 92.6 cm³/mol. The number of nitrogens with one attached hydrogen (secondary N) is 1. The molecule has 0 spiro atoms. The van der Waals surface area contributed by atoms with E-state index in [9.17, 15) is 9.59 Å². The van der Waals surface area contributed by atoms with Crippen molar-refractivity contribution in [2.24, 2.45) is 5.92 Å². The molecule has 23 heavy (non-hydrogen) atoms. The van der Waals surface area contributed by atoms with Crippen molar-refractivity contribution in [2.45, 2.75) is 91.0 Å². The van der Waals surface area contributed by atoms with Crippen molar-refractivity contribution in [3.63, 3.8) is 0 Å². The fourth-order valence-corrected chi connectivity index (χ4v) is 2.44. The van der Waals surface area contributed by atoms with Crippen LogP contribution in [0.25, 0.3) is 0 Å². The molecule has 0 aliphatic rings. The highest BCUT2D eigenvalue weighted by Gasteiger charge is 2.23. The van der Waals surface area contributed by atoms with Gasteiger partial charge >= 0.3 is 12.1 Å². The minimum Gasteiger partial charge on any atom is -0.480 e. The van der Waals surface area contributed by atoms with Crippen LogP contribution in [-0.4, -0.2) is 29.8 Å². The van der Waals surface area contributed by atoms with Crippen LogP contribution in [0.3, 0.4) is 0 Å². The summed E-state index contributed by atoms with van der Waals surface area (Å²) in [4.78, 5) is 22.5. The Morgan fingerprint density at radius 3 is 1.83 bits per heavy atom. The maximum absolute atomic E-state index is 11.5. The van der Waals surface area contributed by atoms with Gasteiger partial charge in [0.25, 0.3) is 0 Å². The van der Waals surface area contributed by atoms with Crippen molar-refractivity contribution in [3.05, 3.63) is 0 Å². The normalized spacial score (nSPS) is 12.2. The lowest BCUT2D eigenvalue weighted by Gasteiger charge is -2.17. The number of carbonyl (C=O) groups is 2. The highest BCUT2D eigenvalue weighted by atomic mass is 16.5. The molecule has 0 bridgehead atoms. The van der Waals surface area contributed by atoms with Gasteiger partial charge in [0.2, 0.25) is 0 Å². The van der Waals surface area contributed by atoms with Crippen molar-refractivity contribution in [1.29, 1.82) is 0 Å². The van der Waals surface area contributed by atoms with Crippen LogP contribution in [0.2, 0.25) is 0 Å². The summed E-state index contributed by atoms with van der Waals surface area (Å²) in [6, 6.07) is -0.893. The largest absolute Gasteiger partial charge is 0.480 e. The molecule has 0 heterocycles. The molecule has 0 radical (unpaired) electrons. The molecule has 0 fully saturated rings. The fourth-order valence-electron chi connectivity index (χ4n) is 2.44. The van der Waals surface area contributed by atoms with Crippen LogP contribution in [-0.2, 0) is 9.53 Å². The fraction of sp³-hybridized carbons (Fsp3) is 0.889. The number of carboxylic acid groups (broad SMARTS) is 1. The van der Waals surface area contributed by atoms with Crippen LogP contribution in [0.15, 0.2) is 0 Å². The van der Waals surface area contributed by atoms with Gasteiger partial charge in [-0.05, 0) is 12.3 Å². The van der Waals surface area contributed by atoms with E-state index in [0.29, 0.717) is 6.61 Å². The van der Waals surface area contributed by atoms with Gasteiger partial charge in [-0.25, -0.2) is 9.59 Å². The maximum atomic E-state index is 11.5. The van der Waals surface area contributed by atoms with Crippen molar-refractivity contribution in [3.8, 4) is 0 Å². The summed E-state index contributed by atoms with van der Waals surface area (Å²) in [6.07, 6.45) is 11.6. The summed E-state index contributed by atoms with van der Waals surface area (Å²) in [5.74, 6) is -1.20. The van der Waals surface area contributed by atoms with Crippen LogP contribution < -0.4 is 5.32 Å². The number of hydrogen-bond donors (Lipinski definition) is 2. The second-order valence-corrected chi connectivity index (χ2v) is 6.52. The number of alkyl carbamates (subject to hydrolysis) is 1. The molecule has 2 N–H and O–H groups in total. The summed E-state index contributed by atoms with van der Waals surface area (Å²) >= 11 is 0. The summed E-state index contributed by atoms with van der Waals surface area (Å²) in [7, 11) is 0. The van der Waals surface area contributed by atoms with E-state index >= 15 is 0 Å². The van der Waals surface area contributed by atoms with Crippen LogP contribution in [0.4, 0.5) is 4.79 Å². The molecule has 0 aromatic carbocycles. The van der Waals surface area contributed by atoms with E-state index in [2.05, 4.69) is 12.2 Å². The molecule has 0 saturated carbocycles. The Morgan fingerprint density at radius 2 is 1.39 bits per heavy atom. The van der Waals surface area contributed by atoms with Crippen LogP contribution in [0.1, 0.15) is 85.0 Å². The molecule has 1 atom stereocenters. The molecule has 0 aromatic heterocycles. The van der Waals surface area contributed by atoms with Crippen molar-refractivity contribution >= 4 is 12.1 Å². The Labute approximate surface area is 141 Å². The molecular formula is C18H35NO4. The van der Waals surface area contributed by atoms with Gasteiger partial charge in [-0.2, -0.15) is 0 Å². The lowest BCUT2D eigenvalue weighted by Crippen LogP contribution is -2.44. The van der Waals surface area contributed by atoms with Crippen molar-refractivity contribution < 1.29 is 19.4 Å². The number of hydrogen-bond acceptors (Lipinski definition) is 3. The number of aliphatic carboxylic acids is 1. The second kappa shape index (κ2) is 14.3. The van der Waals surface area contributed by atoms with E-state index in [4.69, 9.17) is 9.84 Å². The first-order valence-corrected chi connectivity index (χ1v) is 9.15. The molecule has 5 nitrogen and oxygen atoms in total. The summed E-state index contributed by atoms with van der Waals surface area (Å²) < 4.78 is 5.03. The highest BCUT2D eigenvalue weighted by molar-refractivity contribution is 5.80. The number of unbranched alkanes of at least 4 members (excludes halogenated alkanes) is 9. The smallest absolute Gasteiger partial charge is 0.407 e. The van der Waals surface area contributed by atoms with Crippen LogP contribution in [0.5, 0.6) is 0 Å². The molecule has 0 unspecified atom stereocenters. The third-order valence-electron chi connectivity index (χ3n) is 3.94. The van der Waals surface area contributed by atoms with E-state index in [-0.39, 0.29) is 5.92 Å². The molecule has 5 heteroatoms. The van der Waals surface area contributed by atoms with Gasteiger partial charge in [-0.3, -0.25) is 0 Å². The minimum atomic E-state index is -1.03. The van der Waals surface area contributed by atoms with Crippen LogP contribution >= 0.6 is 0 Å². The summed E-state index contributed by atoms with van der Waals surface area (Å²) in [5, 5.41) is 11.4. The monoisotopic (exact) mass is 329 g/mol. The van der Waals surface area contributed by atoms with E-state index in [0.717, 1.165) is 12.8 Å². The molecule has 136 valence electrons. The summed E-state index contributed by atoms with van der Waals surface area (Å²) in [6.45, 7) is 6.09. The van der Waals surface area contributed by atoms with Crippen LogP contribution in [0, 0.1) is 5.92 Å².